The van der Waals surface area contributed by atoms with Gasteiger partial charge in [0.2, 0.25) is 0 Å². The van der Waals surface area contributed by atoms with E-state index in [1.54, 1.807) is 18.2 Å². The zero-order valence-corrected chi connectivity index (χ0v) is 17.9. The van der Waals surface area contributed by atoms with Crippen molar-refractivity contribution in [2.75, 3.05) is 23.8 Å². The zero-order valence-electron chi connectivity index (χ0n) is 17.9. The molecule has 0 atom stereocenters. The summed E-state index contributed by atoms with van der Waals surface area (Å²) in [4.78, 5) is 24.7. The van der Waals surface area contributed by atoms with E-state index in [1.807, 2.05) is 69.3 Å². The Hall–Kier alpha value is -3.80. The maximum Gasteiger partial charge on any atom is 0.262 e. The van der Waals surface area contributed by atoms with Crippen molar-refractivity contribution in [3.05, 3.63) is 83.4 Å². The predicted molar refractivity (Wildman–Crippen MR) is 122 cm³/mol. The minimum atomic E-state index is -0.280. The summed E-state index contributed by atoms with van der Waals surface area (Å²) in [6.07, 6.45) is 0. The second kappa shape index (κ2) is 10.3. The summed E-state index contributed by atoms with van der Waals surface area (Å²) >= 11 is 0. The summed E-state index contributed by atoms with van der Waals surface area (Å²) < 4.78 is 11.2. The summed E-state index contributed by atoms with van der Waals surface area (Å²) in [5, 5.41) is 5.66. The lowest BCUT2D eigenvalue weighted by Gasteiger charge is -2.15. The van der Waals surface area contributed by atoms with Gasteiger partial charge in [-0.3, -0.25) is 9.59 Å². The van der Waals surface area contributed by atoms with E-state index in [4.69, 9.17) is 9.47 Å². The number of amides is 2. The van der Waals surface area contributed by atoms with Crippen molar-refractivity contribution < 1.29 is 19.1 Å². The molecule has 3 rings (SSSR count). The van der Waals surface area contributed by atoms with E-state index in [1.165, 1.54) is 0 Å². The predicted octanol–water partition coefficient (Wildman–Crippen LogP) is 4.65. The molecule has 0 aliphatic rings. The second-order valence-electron chi connectivity index (χ2n) is 7.18. The van der Waals surface area contributed by atoms with Crippen molar-refractivity contribution in [3.63, 3.8) is 0 Å². The number of aryl methyl sites for hydroxylation is 2. The molecule has 2 amide bonds. The number of ether oxygens (including phenoxy) is 2. The molecule has 0 saturated heterocycles. The first-order valence-corrected chi connectivity index (χ1v) is 10.00. The molecule has 0 spiro atoms. The molecule has 3 aromatic carbocycles. The van der Waals surface area contributed by atoms with E-state index >= 15 is 0 Å². The van der Waals surface area contributed by atoms with Crippen LogP contribution < -0.4 is 20.1 Å². The van der Waals surface area contributed by atoms with Crippen LogP contribution in [0.3, 0.4) is 0 Å². The fourth-order valence-electron chi connectivity index (χ4n) is 3.00. The molecule has 160 valence electrons. The molecule has 6 heteroatoms. The number of benzene rings is 3. The summed E-state index contributed by atoms with van der Waals surface area (Å²) in [5.41, 5.74) is 3.89. The number of rotatable bonds is 8. The van der Waals surface area contributed by atoms with Crippen LogP contribution in [0.15, 0.2) is 66.7 Å². The molecule has 0 saturated carbocycles. The minimum Gasteiger partial charge on any atom is -0.483 e. The minimum absolute atomic E-state index is 0.106. The van der Waals surface area contributed by atoms with Gasteiger partial charge in [-0.15, -0.1) is 0 Å². The van der Waals surface area contributed by atoms with Gasteiger partial charge in [0.1, 0.15) is 11.5 Å². The molecule has 0 aliphatic heterocycles. The third kappa shape index (κ3) is 6.09. The molecule has 0 aromatic heterocycles. The second-order valence-corrected chi connectivity index (χ2v) is 7.18. The van der Waals surface area contributed by atoms with Crippen LogP contribution in [0, 0.1) is 20.8 Å². The van der Waals surface area contributed by atoms with Gasteiger partial charge in [-0.05, 0) is 61.7 Å². The lowest BCUT2D eigenvalue weighted by Crippen LogP contribution is -2.23. The standard InChI is InChI=1S/C25H26N2O4/c1-17-9-4-6-13-22(17)30-15-24(28)26-20-11-8-12-21(19(20)3)27-25(29)16-31-23-14-7-5-10-18(23)2/h4-14H,15-16H2,1-3H3,(H,26,28)(H,27,29). The normalized spacial score (nSPS) is 10.3. The molecule has 2 N–H and O–H groups in total. The van der Waals surface area contributed by atoms with Crippen molar-refractivity contribution in [1.29, 1.82) is 0 Å². The van der Waals surface area contributed by atoms with E-state index in [0.717, 1.165) is 16.7 Å². The summed E-state index contributed by atoms with van der Waals surface area (Å²) in [7, 11) is 0. The van der Waals surface area contributed by atoms with Crippen molar-refractivity contribution in [2.45, 2.75) is 20.8 Å². The first-order chi connectivity index (χ1) is 14.9. The van der Waals surface area contributed by atoms with Gasteiger partial charge < -0.3 is 20.1 Å². The molecule has 0 unspecified atom stereocenters. The molecule has 31 heavy (non-hydrogen) atoms. The number of carbonyl (C=O) groups excluding carboxylic acids is 2. The van der Waals surface area contributed by atoms with Crippen LogP contribution in [0.25, 0.3) is 0 Å². The molecule has 3 aromatic rings. The fraction of sp³-hybridized carbons (Fsp3) is 0.200. The Balaban J connectivity index is 1.56. The summed E-state index contributed by atoms with van der Waals surface area (Å²) in [5.74, 6) is 0.781. The summed E-state index contributed by atoms with van der Waals surface area (Å²) in [6, 6.07) is 20.4. The Labute approximate surface area is 182 Å². The quantitative estimate of drug-likeness (QED) is 0.558. The first-order valence-electron chi connectivity index (χ1n) is 10.00. The van der Waals surface area contributed by atoms with Crippen molar-refractivity contribution in [2.24, 2.45) is 0 Å². The molecule has 0 radical (unpaired) electrons. The number of anilines is 2. The third-order valence-electron chi connectivity index (χ3n) is 4.79. The van der Waals surface area contributed by atoms with E-state index in [9.17, 15) is 9.59 Å². The van der Waals surface area contributed by atoms with Crippen LogP contribution in [0.1, 0.15) is 16.7 Å². The Morgan fingerprint density at radius 2 is 1.06 bits per heavy atom. The highest BCUT2D eigenvalue weighted by Crippen LogP contribution is 2.24. The molecule has 0 bridgehead atoms. The molecular formula is C25H26N2O4. The van der Waals surface area contributed by atoms with Gasteiger partial charge in [0.25, 0.3) is 11.8 Å². The van der Waals surface area contributed by atoms with Gasteiger partial charge in [0.15, 0.2) is 13.2 Å². The first kappa shape index (κ1) is 21.9. The lowest BCUT2D eigenvalue weighted by atomic mass is 10.1. The summed E-state index contributed by atoms with van der Waals surface area (Å²) in [6.45, 7) is 5.46. The Bertz CT molecular complexity index is 997. The van der Waals surface area contributed by atoms with Crippen LogP contribution in [-0.4, -0.2) is 25.0 Å². The Morgan fingerprint density at radius 3 is 1.48 bits per heavy atom. The maximum absolute atomic E-state index is 12.3. The highest BCUT2D eigenvalue weighted by atomic mass is 16.5. The van der Waals surface area contributed by atoms with E-state index in [2.05, 4.69) is 10.6 Å². The van der Waals surface area contributed by atoms with Gasteiger partial charge in [0, 0.05) is 11.4 Å². The number of carbonyl (C=O) groups is 2. The van der Waals surface area contributed by atoms with Crippen LogP contribution in [-0.2, 0) is 9.59 Å². The molecule has 0 fully saturated rings. The van der Waals surface area contributed by atoms with Gasteiger partial charge >= 0.3 is 0 Å². The van der Waals surface area contributed by atoms with E-state index in [-0.39, 0.29) is 25.0 Å². The maximum atomic E-state index is 12.3. The zero-order chi connectivity index (χ0) is 22.2. The van der Waals surface area contributed by atoms with Crippen LogP contribution >= 0.6 is 0 Å². The van der Waals surface area contributed by atoms with Crippen molar-refractivity contribution >= 4 is 23.2 Å². The smallest absolute Gasteiger partial charge is 0.262 e. The SMILES string of the molecule is Cc1ccccc1OCC(=O)Nc1cccc(NC(=O)COc2ccccc2C)c1C. The van der Waals surface area contributed by atoms with Gasteiger partial charge in [-0.1, -0.05) is 42.5 Å². The number of para-hydroxylation sites is 2. The van der Waals surface area contributed by atoms with Crippen LogP contribution in [0.5, 0.6) is 11.5 Å². The van der Waals surface area contributed by atoms with Gasteiger partial charge in [0.05, 0.1) is 0 Å². The van der Waals surface area contributed by atoms with Gasteiger partial charge in [-0.2, -0.15) is 0 Å². The highest BCUT2D eigenvalue weighted by molar-refractivity contribution is 5.96. The number of hydrogen-bond acceptors (Lipinski definition) is 4. The van der Waals surface area contributed by atoms with E-state index < -0.39 is 0 Å². The average Bonchev–Trinajstić information content (AvgIpc) is 2.75. The lowest BCUT2D eigenvalue weighted by molar-refractivity contribution is -0.118. The molecule has 6 nitrogen and oxygen atoms in total. The Kier molecular flexibility index (Phi) is 7.27. The number of nitrogens with one attached hydrogen (secondary N) is 2. The van der Waals surface area contributed by atoms with Crippen molar-refractivity contribution in [3.8, 4) is 11.5 Å². The largest absolute Gasteiger partial charge is 0.483 e. The molecular weight excluding hydrogens is 392 g/mol. The fourth-order valence-corrected chi connectivity index (χ4v) is 3.00. The van der Waals surface area contributed by atoms with Crippen LogP contribution in [0.2, 0.25) is 0 Å². The average molecular weight is 418 g/mol. The Morgan fingerprint density at radius 1 is 0.645 bits per heavy atom. The van der Waals surface area contributed by atoms with Crippen LogP contribution in [0.4, 0.5) is 11.4 Å². The monoisotopic (exact) mass is 418 g/mol. The number of hydrogen-bond donors (Lipinski definition) is 2. The highest BCUT2D eigenvalue weighted by Gasteiger charge is 2.12. The van der Waals surface area contributed by atoms with Gasteiger partial charge in [-0.25, -0.2) is 0 Å². The van der Waals surface area contributed by atoms with Crippen molar-refractivity contribution in [1.82, 2.24) is 0 Å². The molecule has 0 heterocycles. The third-order valence-corrected chi connectivity index (χ3v) is 4.79. The molecule has 0 aliphatic carbocycles. The van der Waals surface area contributed by atoms with E-state index in [0.29, 0.717) is 22.9 Å². The topological polar surface area (TPSA) is 76.7 Å².